The zero-order chi connectivity index (χ0) is 8.85. The summed E-state index contributed by atoms with van der Waals surface area (Å²) in [5, 5.41) is 8.57. The van der Waals surface area contributed by atoms with E-state index >= 15 is 0 Å². The summed E-state index contributed by atoms with van der Waals surface area (Å²) in [5.74, 6) is -1.09. The summed E-state index contributed by atoms with van der Waals surface area (Å²) in [5.41, 5.74) is 0. The molecule has 0 aliphatic carbocycles. The minimum atomic E-state index is -0.797. The highest BCUT2D eigenvalue weighted by Crippen LogP contribution is 2.10. The van der Waals surface area contributed by atoms with E-state index in [-0.39, 0.29) is 11.7 Å². The molecule has 0 bridgehead atoms. The van der Waals surface area contributed by atoms with Crippen LogP contribution in [0.15, 0.2) is 0 Å². The number of rotatable bonds is 5. The maximum Gasteiger partial charge on any atom is 0.306 e. The van der Waals surface area contributed by atoms with Crippen molar-refractivity contribution < 1.29 is 14.7 Å². The Labute approximate surface area is 66.4 Å². The van der Waals surface area contributed by atoms with Gasteiger partial charge >= 0.3 is 5.97 Å². The highest BCUT2D eigenvalue weighted by atomic mass is 16.4. The number of hydrogen-bond donors (Lipinski definition) is 1. The second-order valence-corrected chi connectivity index (χ2v) is 2.68. The lowest BCUT2D eigenvalue weighted by Gasteiger charge is -2.06. The molecule has 0 radical (unpaired) electrons. The lowest BCUT2D eigenvalue weighted by Crippen LogP contribution is -2.13. The van der Waals surface area contributed by atoms with E-state index in [1.54, 1.807) is 0 Å². The lowest BCUT2D eigenvalue weighted by atomic mass is 10.00. The van der Waals surface area contributed by atoms with Crippen LogP contribution in [-0.2, 0) is 9.59 Å². The minimum Gasteiger partial charge on any atom is -0.481 e. The second kappa shape index (κ2) is 4.88. The van der Waals surface area contributed by atoms with E-state index in [4.69, 9.17) is 5.11 Å². The van der Waals surface area contributed by atoms with Gasteiger partial charge in [-0.2, -0.15) is 0 Å². The highest BCUT2D eigenvalue weighted by Gasteiger charge is 2.14. The molecule has 64 valence electrons. The molecule has 1 unspecified atom stereocenters. The van der Waals surface area contributed by atoms with Gasteiger partial charge in [0.15, 0.2) is 0 Å². The summed E-state index contributed by atoms with van der Waals surface area (Å²) in [6, 6.07) is 0. The van der Waals surface area contributed by atoms with Crippen molar-refractivity contribution in [1.29, 1.82) is 0 Å². The zero-order valence-corrected chi connectivity index (χ0v) is 6.96. The highest BCUT2D eigenvalue weighted by molar-refractivity contribution is 5.76. The van der Waals surface area contributed by atoms with Gasteiger partial charge in [0.05, 0.1) is 5.92 Å². The Balaban J connectivity index is 3.70. The van der Waals surface area contributed by atoms with E-state index in [1.807, 2.05) is 6.92 Å². The standard InChI is InChI=1S/C8H14O3/c1-3-7(8(10)11)5-4-6(2)9/h7H,3-5H2,1-2H3,(H,10,11). The van der Waals surface area contributed by atoms with Crippen molar-refractivity contribution in [3.05, 3.63) is 0 Å². The number of carboxylic acid groups (broad SMARTS) is 1. The van der Waals surface area contributed by atoms with Gasteiger partial charge in [-0.1, -0.05) is 6.92 Å². The van der Waals surface area contributed by atoms with Crippen LogP contribution in [0.2, 0.25) is 0 Å². The maximum absolute atomic E-state index is 10.5. The van der Waals surface area contributed by atoms with Gasteiger partial charge in [-0.25, -0.2) is 0 Å². The molecule has 0 aliphatic rings. The van der Waals surface area contributed by atoms with Crippen LogP contribution in [0.3, 0.4) is 0 Å². The molecule has 3 heteroatoms. The minimum absolute atomic E-state index is 0.0599. The first-order chi connectivity index (χ1) is 5.07. The second-order valence-electron chi connectivity index (χ2n) is 2.68. The molecule has 0 saturated carbocycles. The number of ketones is 1. The summed E-state index contributed by atoms with van der Waals surface area (Å²) < 4.78 is 0. The van der Waals surface area contributed by atoms with Gasteiger partial charge in [0, 0.05) is 6.42 Å². The molecule has 3 nitrogen and oxygen atoms in total. The fraction of sp³-hybridized carbons (Fsp3) is 0.750. The van der Waals surface area contributed by atoms with Crippen LogP contribution >= 0.6 is 0 Å². The Morgan fingerprint density at radius 3 is 2.27 bits per heavy atom. The number of carbonyl (C=O) groups is 2. The Morgan fingerprint density at radius 1 is 1.45 bits per heavy atom. The first kappa shape index (κ1) is 10.1. The van der Waals surface area contributed by atoms with Crippen molar-refractivity contribution in [1.82, 2.24) is 0 Å². The van der Waals surface area contributed by atoms with E-state index in [1.165, 1.54) is 6.92 Å². The average molecular weight is 158 g/mol. The van der Waals surface area contributed by atoms with Crippen LogP contribution in [0, 0.1) is 5.92 Å². The number of Topliss-reactive ketones (excluding diaryl/α,β-unsaturated/α-hetero) is 1. The monoisotopic (exact) mass is 158 g/mol. The predicted octanol–water partition coefficient (Wildman–Crippen LogP) is 1.47. The zero-order valence-electron chi connectivity index (χ0n) is 6.96. The summed E-state index contributed by atoms with van der Waals surface area (Å²) in [6.07, 6.45) is 1.45. The summed E-state index contributed by atoms with van der Waals surface area (Å²) >= 11 is 0. The van der Waals surface area contributed by atoms with Gasteiger partial charge < -0.3 is 9.90 Å². The molecule has 0 aromatic heterocycles. The Bertz CT molecular complexity index is 151. The van der Waals surface area contributed by atoms with Gasteiger partial charge in [-0.3, -0.25) is 4.79 Å². The van der Waals surface area contributed by atoms with Crippen molar-refractivity contribution >= 4 is 11.8 Å². The van der Waals surface area contributed by atoms with Gasteiger partial charge in [0.1, 0.15) is 5.78 Å². The van der Waals surface area contributed by atoms with Crippen LogP contribution in [0.25, 0.3) is 0 Å². The van der Waals surface area contributed by atoms with Crippen molar-refractivity contribution in [2.45, 2.75) is 33.1 Å². The first-order valence-corrected chi connectivity index (χ1v) is 3.80. The van der Waals surface area contributed by atoms with Crippen molar-refractivity contribution in [2.24, 2.45) is 5.92 Å². The maximum atomic E-state index is 10.5. The molecular formula is C8H14O3. The van der Waals surface area contributed by atoms with Gasteiger partial charge in [-0.05, 0) is 19.8 Å². The van der Waals surface area contributed by atoms with Gasteiger partial charge in [-0.15, -0.1) is 0 Å². The fourth-order valence-corrected chi connectivity index (χ4v) is 0.880. The third-order valence-electron chi connectivity index (χ3n) is 1.69. The number of hydrogen-bond acceptors (Lipinski definition) is 2. The normalized spacial score (nSPS) is 12.5. The SMILES string of the molecule is CCC(CCC(C)=O)C(=O)O. The molecule has 0 heterocycles. The Kier molecular flexibility index (Phi) is 4.50. The largest absolute Gasteiger partial charge is 0.481 e. The van der Waals surface area contributed by atoms with Crippen molar-refractivity contribution in [3.8, 4) is 0 Å². The quantitative estimate of drug-likeness (QED) is 0.659. The number of carboxylic acids is 1. The van der Waals surface area contributed by atoms with Crippen molar-refractivity contribution in [3.63, 3.8) is 0 Å². The smallest absolute Gasteiger partial charge is 0.306 e. The lowest BCUT2D eigenvalue weighted by molar-refractivity contribution is -0.142. The van der Waals surface area contributed by atoms with Gasteiger partial charge in [0.25, 0.3) is 0 Å². The van der Waals surface area contributed by atoms with Crippen LogP contribution in [0.1, 0.15) is 33.1 Å². The molecule has 0 saturated heterocycles. The first-order valence-electron chi connectivity index (χ1n) is 3.80. The number of carbonyl (C=O) groups excluding carboxylic acids is 1. The third-order valence-corrected chi connectivity index (χ3v) is 1.69. The fourth-order valence-electron chi connectivity index (χ4n) is 0.880. The molecule has 0 aliphatic heterocycles. The van der Waals surface area contributed by atoms with Crippen LogP contribution in [-0.4, -0.2) is 16.9 Å². The number of aliphatic carboxylic acids is 1. The molecular weight excluding hydrogens is 144 g/mol. The van der Waals surface area contributed by atoms with E-state index in [2.05, 4.69) is 0 Å². The molecule has 0 rings (SSSR count). The van der Waals surface area contributed by atoms with Crippen molar-refractivity contribution in [2.75, 3.05) is 0 Å². The molecule has 0 amide bonds. The predicted molar refractivity (Wildman–Crippen MR) is 41.3 cm³/mol. The summed E-state index contributed by atoms with van der Waals surface area (Å²) in [7, 11) is 0. The third kappa shape index (κ3) is 4.53. The van der Waals surface area contributed by atoms with E-state index < -0.39 is 5.97 Å². The topological polar surface area (TPSA) is 54.4 Å². The van der Waals surface area contributed by atoms with E-state index in [9.17, 15) is 9.59 Å². The molecule has 0 fully saturated rings. The molecule has 11 heavy (non-hydrogen) atoms. The molecule has 0 aromatic rings. The summed E-state index contributed by atoms with van der Waals surface area (Å²) in [4.78, 5) is 20.9. The van der Waals surface area contributed by atoms with Crippen LogP contribution in [0.5, 0.6) is 0 Å². The Morgan fingerprint density at radius 2 is 2.00 bits per heavy atom. The van der Waals surface area contributed by atoms with E-state index in [0.29, 0.717) is 19.3 Å². The molecule has 0 spiro atoms. The van der Waals surface area contributed by atoms with Crippen LogP contribution in [0.4, 0.5) is 0 Å². The molecule has 0 aromatic carbocycles. The van der Waals surface area contributed by atoms with Crippen LogP contribution < -0.4 is 0 Å². The van der Waals surface area contributed by atoms with E-state index in [0.717, 1.165) is 0 Å². The summed E-state index contributed by atoms with van der Waals surface area (Å²) in [6.45, 7) is 3.30. The Hall–Kier alpha value is -0.860. The molecule has 1 N–H and O–H groups in total. The average Bonchev–Trinajstić information content (AvgIpc) is 1.87. The van der Waals surface area contributed by atoms with Gasteiger partial charge in [0.2, 0.25) is 0 Å². The molecule has 1 atom stereocenters.